The number of nitrogens with zero attached hydrogens (tertiary/aromatic N) is 3. The third-order valence-corrected chi connectivity index (χ3v) is 6.85. The summed E-state index contributed by atoms with van der Waals surface area (Å²) in [5, 5.41) is 2.88. The number of piperidine rings is 1. The van der Waals surface area contributed by atoms with Gasteiger partial charge in [-0.1, -0.05) is 0 Å². The molecule has 8 heteroatoms. The molecule has 0 aliphatic carbocycles. The molecule has 138 valence electrons. The molecule has 2 fully saturated rings. The number of aromatic nitrogens is 1. The van der Waals surface area contributed by atoms with Crippen molar-refractivity contribution < 1.29 is 13.2 Å². The Kier molecular flexibility index (Phi) is 5.58. The van der Waals surface area contributed by atoms with Crippen molar-refractivity contribution in [3.63, 3.8) is 0 Å². The van der Waals surface area contributed by atoms with E-state index in [0.29, 0.717) is 19.6 Å². The molecule has 2 aliphatic rings. The van der Waals surface area contributed by atoms with Crippen LogP contribution in [0.1, 0.15) is 32.6 Å². The van der Waals surface area contributed by atoms with Gasteiger partial charge in [0.25, 0.3) is 0 Å². The standard InChI is InChI=1S/C17H26N4O3S/c1-2-18-17(22)14-7-11-20(12-8-14)16-6-5-15(13-19-16)25(23,24)21-9-3-4-10-21/h5-6,13-14H,2-4,7-12H2,1H3,(H,18,22). The van der Waals surface area contributed by atoms with Crippen molar-refractivity contribution in [2.24, 2.45) is 5.92 Å². The first-order valence-electron chi connectivity index (χ1n) is 9.01. The number of amides is 1. The molecular weight excluding hydrogens is 340 g/mol. The maximum Gasteiger partial charge on any atom is 0.244 e. The highest BCUT2D eigenvalue weighted by molar-refractivity contribution is 7.89. The molecule has 3 heterocycles. The molecule has 0 radical (unpaired) electrons. The van der Waals surface area contributed by atoms with Gasteiger partial charge in [0.05, 0.1) is 0 Å². The fourth-order valence-electron chi connectivity index (χ4n) is 3.48. The Morgan fingerprint density at radius 2 is 1.88 bits per heavy atom. The van der Waals surface area contributed by atoms with Crippen molar-refractivity contribution in [2.75, 3.05) is 37.6 Å². The first-order valence-corrected chi connectivity index (χ1v) is 10.4. The molecule has 0 atom stereocenters. The maximum absolute atomic E-state index is 12.5. The van der Waals surface area contributed by atoms with Gasteiger partial charge >= 0.3 is 0 Å². The van der Waals surface area contributed by atoms with Crippen LogP contribution in [-0.4, -0.2) is 56.3 Å². The van der Waals surface area contributed by atoms with Crippen molar-refractivity contribution in [3.05, 3.63) is 18.3 Å². The summed E-state index contributed by atoms with van der Waals surface area (Å²) in [7, 11) is -3.41. The first-order chi connectivity index (χ1) is 12.0. The van der Waals surface area contributed by atoms with Crippen molar-refractivity contribution in [1.29, 1.82) is 0 Å². The number of carbonyl (C=O) groups is 1. The quantitative estimate of drug-likeness (QED) is 0.847. The lowest BCUT2D eigenvalue weighted by atomic mass is 9.96. The van der Waals surface area contributed by atoms with E-state index in [-0.39, 0.29) is 16.7 Å². The van der Waals surface area contributed by atoms with Crippen LogP contribution in [0.15, 0.2) is 23.2 Å². The second-order valence-electron chi connectivity index (χ2n) is 6.62. The van der Waals surface area contributed by atoms with Crippen LogP contribution in [0.4, 0.5) is 5.82 Å². The minimum atomic E-state index is -3.41. The Morgan fingerprint density at radius 3 is 2.44 bits per heavy atom. The van der Waals surface area contributed by atoms with E-state index in [9.17, 15) is 13.2 Å². The fraction of sp³-hybridized carbons (Fsp3) is 0.647. The molecule has 0 saturated carbocycles. The number of pyridine rings is 1. The van der Waals surface area contributed by atoms with E-state index in [1.165, 1.54) is 10.5 Å². The zero-order chi connectivity index (χ0) is 17.9. The molecule has 0 bridgehead atoms. The zero-order valence-electron chi connectivity index (χ0n) is 14.6. The molecule has 1 aromatic heterocycles. The molecule has 3 rings (SSSR count). The van der Waals surface area contributed by atoms with Gasteiger partial charge in [0, 0.05) is 44.8 Å². The summed E-state index contributed by atoms with van der Waals surface area (Å²) < 4.78 is 26.6. The highest BCUT2D eigenvalue weighted by Gasteiger charge is 2.28. The molecule has 0 aromatic carbocycles. The summed E-state index contributed by atoms with van der Waals surface area (Å²) in [5.41, 5.74) is 0. The van der Waals surface area contributed by atoms with Crippen LogP contribution in [0.25, 0.3) is 0 Å². The van der Waals surface area contributed by atoms with E-state index in [4.69, 9.17) is 0 Å². The average Bonchev–Trinajstić information content (AvgIpc) is 3.18. The van der Waals surface area contributed by atoms with E-state index in [1.54, 1.807) is 12.1 Å². The lowest BCUT2D eigenvalue weighted by Crippen LogP contribution is -2.40. The van der Waals surface area contributed by atoms with Crippen LogP contribution in [0.2, 0.25) is 0 Å². The van der Waals surface area contributed by atoms with E-state index in [1.807, 2.05) is 6.92 Å². The summed E-state index contributed by atoms with van der Waals surface area (Å²) in [6.07, 6.45) is 4.89. The maximum atomic E-state index is 12.5. The van der Waals surface area contributed by atoms with Gasteiger partial charge in [-0.3, -0.25) is 4.79 Å². The number of anilines is 1. The second kappa shape index (κ2) is 7.70. The van der Waals surface area contributed by atoms with Gasteiger partial charge in [0.2, 0.25) is 15.9 Å². The molecule has 2 aliphatic heterocycles. The Bertz CT molecular complexity index is 691. The minimum Gasteiger partial charge on any atom is -0.357 e. The van der Waals surface area contributed by atoms with Gasteiger partial charge in [-0.25, -0.2) is 13.4 Å². The molecule has 25 heavy (non-hydrogen) atoms. The van der Waals surface area contributed by atoms with Gasteiger partial charge in [-0.15, -0.1) is 0 Å². The molecule has 7 nitrogen and oxygen atoms in total. The summed E-state index contributed by atoms with van der Waals surface area (Å²) in [4.78, 5) is 18.6. The summed E-state index contributed by atoms with van der Waals surface area (Å²) in [5.74, 6) is 0.961. The smallest absolute Gasteiger partial charge is 0.244 e. The molecule has 0 spiro atoms. The summed E-state index contributed by atoms with van der Waals surface area (Å²) in [6.45, 7) is 5.29. The van der Waals surface area contributed by atoms with Gasteiger partial charge in [-0.2, -0.15) is 4.31 Å². The number of carbonyl (C=O) groups excluding carboxylic acids is 1. The number of hydrogen-bond donors (Lipinski definition) is 1. The molecule has 0 unspecified atom stereocenters. The van der Waals surface area contributed by atoms with Gasteiger partial charge in [0.1, 0.15) is 10.7 Å². The van der Waals surface area contributed by atoms with Gasteiger partial charge in [-0.05, 0) is 44.7 Å². The summed E-state index contributed by atoms with van der Waals surface area (Å²) >= 11 is 0. The average molecular weight is 366 g/mol. The van der Waals surface area contributed by atoms with Crippen molar-refractivity contribution in [2.45, 2.75) is 37.5 Å². The first kappa shape index (κ1) is 18.1. The highest BCUT2D eigenvalue weighted by Crippen LogP contribution is 2.25. The number of nitrogens with one attached hydrogen (secondary N) is 1. The fourth-order valence-corrected chi connectivity index (χ4v) is 4.94. The van der Waals surface area contributed by atoms with Crippen LogP contribution in [-0.2, 0) is 14.8 Å². The van der Waals surface area contributed by atoms with E-state index < -0.39 is 10.0 Å². The predicted molar refractivity (Wildman–Crippen MR) is 95.9 cm³/mol. The van der Waals surface area contributed by atoms with Crippen LogP contribution >= 0.6 is 0 Å². The highest BCUT2D eigenvalue weighted by atomic mass is 32.2. The Labute approximate surface area is 149 Å². The lowest BCUT2D eigenvalue weighted by molar-refractivity contribution is -0.125. The monoisotopic (exact) mass is 366 g/mol. The zero-order valence-corrected chi connectivity index (χ0v) is 15.5. The van der Waals surface area contributed by atoms with E-state index in [2.05, 4.69) is 15.2 Å². The van der Waals surface area contributed by atoms with Crippen molar-refractivity contribution >= 4 is 21.7 Å². The van der Waals surface area contributed by atoms with Crippen LogP contribution in [0.5, 0.6) is 0 Å². The third-order valence-electron chi connectivity index (χ3n) is 4.96. The molecule has 1 amide bonds. The van der Waals surface area contributed by atoms with Crippen molar-refractivity contribution in [3.8, 4) is 0 Å². The molecule has 2 saturated heterocycles. The van der Waals surface area contributed by atoms with Crippen molar-refractivity contribution in [1.82, 2.24) is 14.6 Å². The van der Waals surface area contributed by atoms with E-state index in [0.717, 1.165) is 44.6 Å². The number of hydrogen-bond acceptors (Lipinski definition) is 5. The predicted octanol–water partition coefficient (Wildman–Crippen LogP) is 1.22. The summed E-state index contributed by atoms with van der Waals surface area (Å²) in [6, 6.07) is 3.42. The van der Waals surface area contributed by atoms with Gasteiger partial charge in [0.15, 0.2) is 0 Å². The molecule has 1 N–H and O–H groups in total. The van der Waals surface area contributed by atoms with Crippen LogP contribution in [0, 0.1) is 5.92 Å². The van der Waals surface area contributed by atoms with Gasteiger partial charge < -0.3 is 10.2 Å². The topological polar surface area (TPSA) is 82.6 Å². The number of sulfonamides is 1. The second-order valence-corrected chi connectivity index (χ2v) is 8.56. The third kappa shape index (κ3) is 3.95. The Morgan fingerprint density at radius 1 is 1.20 bits per heavy atom. The Hall–Kier alpha value is -1.67. The van der Waals surface area contributed by atoms with Crippen LogP contribution in [0.3, 0.4) is 0 Å². The van der Waals surface area contributed by atoms with Crippen LogP contribution < -0.4 is 10.2 Å². The molecular formula is C17H26N4O3S. The largest absolute Gasteiger partial charge is 0.357 e. The minimum absolute atomic E-state index is 0.0611. The molecule has 1 aromatic rings. The lowest BCUT2D eigenvalue weighted by Gasteiger charge is -2.32. The Balaban J connectivity index is 1.63. The normalized spacial score (nSPS) is 20.0. The SMILES string of the molecule is CCNC(=O)C1CCN(c2ccc(S(=O)(=O)N3CCCC3)cn2)CC1. The van der Waals surface area contributed by atoms with E-state index >= 15 is 0 Å². The number of rotatable bonds is 5.